The van der Waals surface area contributed by atoms with Crippen LogP contribution in [0.25, 0.3) is 0 Å². The van der Waals surface area contributed by atoms with Gasteiger partial charge in [-0.2, -0.15) is 0 Å². The number of benzene rings is 2. The van der Waals surface area contributed by atoms with Crippen LogP contribution in [0.5, 0.6) is 11.5 Å². The fourth-order valence-corrected chi connectivity index (χ4v) is 5.95. The van der Waals surface area contributed by atoms with Crippen molar-refractivity contribution < 1.29 is 19.4 Å². The van der Waals surface area contributed by atoms with Gasteiger partial charge in [0, 0.05) is 39.1 Å². The van der Waals surface area contributed by atoms with E-state index in [0.717, 1.165) is 54.7 Å². The van der Waals surface area contributed by atoms with Gasteiger partial charge >= 0.3 is 5.97 Å². The minimum Gasteiger partial charge on any atom is -0.492 e. The lowest BCUT2D eigenvalue weighted by molar-refractivity contribution is -0.137. The summed E-state index contributed by atoms with van der Waals surface area (Å²) in [6, 6.07) is 10.0. The van der Waals surface area contributed by atoms with E-state index >= 15 is 0 Å². The highest BCUT2D eigenvalue weighted by molar-refractivity contribution is 6.36. The highest BCUT2D eigenvalue weighted by atomic mass is 35.5. The third-order valence-corrected chi connectivity index (χ3v) is 8.33. The Hall–Kier alpha value is -2.17. The van der Waals surface area contributed by atoms with Crippen LogP contribution in [-0.4, -0.2) is 17.7 Å². The molecule has 2 aromatic carbocycles. The zero-order valence-electron chi connectivity index (χ0n) is 20.5. The summed E-state index contributed by atoms with van der Waals surface area (Å²) in [5.74, 6) is 1.61. The summed E-state index contributed by atoms with van der Waals surface area (Å²) in [6.07, 6.45) is 5.80. The van der Waals surface area contributed by atoms with Crippen molar-refractivity contribution in [2.45, 2.75) is 76.7 Å². The Balaban J connectivity index is 1.43. The Labute approximate surface area is 218 Å². The Morgan fingerprint density at radius 1 is 1.23 bits per heavy atom. The number of carboxylic acid groups (broad SMARTS) is 1. The molecule has 0 aromatic heterocycles. The molecule has 1 saturated carbocycles. The van der Waals surface area contributed by atoms with Gasteiger partial charge in [-0.1, -0.05) is 55.3 Å². The lowest BCUT2D eigenvalue weighted by atomic mass is 9.76. The SMILES string of the molecule is C=C1CCC2(CCC1CCCC(=O)O)COc1cc(OCc3c(Cl)cc(C(C)C)cc3Cl)ccc12. The van der Waals surface area contributed by atoms with E-state index < -0.39 is 5.97 Å². The summed E-state index contributed by atoms with van der Waals surface area (Å²) in [6.45, 7) is 9.50. The maximum absolute atomic E-state index is 10.9. The smallest absolute Gasteiger partial charge is 0.303 e. The second-order valence-corrected chi connectivity index (χ2v) is 11.1. The van der Waals surface area contributed by atoms with Crippen molar-refractivity contribution in [3.63, 3.8) is 0 Å². The molecule has 0 bridgehead atoms. The van der Waals surface area contributed by atoms with E-state index in [1.807, 2.05) is 24.3 Å². The highest BCUT2D eigenvalue weighted by Gasteiger charge is 2.42. The molecule has 0 radical (unpaired) electrons. The van der Waals surface area contributed by atoms with Crippen LogP contribution in [-0.2, 0) is 16.8 Å². The normalized spacial score (nSPS) is 21.6. The molecule has 1 heterocycles. The molecule has 1 aliphatic heterocycles. The summed E-state index contributed by atoms with van der Waals surface area (Å²) in [7, 11) is 0. The topological polar surface area (TPSA) is 55.8 Å². The van der Waals surface area contributed by atoms with Crippen molar-refractivity contribution in [3.8, 4) is 11.5 Å². The standard InChI is InChI=1S/C29H34Cl2O4/c1-18(2)21-13-25(30)23(26(31)14-21)16-34-22-7-8-24-27(15-22)35-17-29(24)11-9-19(3)20(10-12-29)5-4-6-28(32)33/h7-8,13-15,18,20H,3-6,9-12,16-17H2,1-2H3,(H,32,33). The van der Waals surface area contributed by atoms with Crippen LogP contribution in [0.1, 0.15) is 81.4 Å². The third kappa shape index (κ3) is 5.81. The summed E-state index contributed by atoms with van der Waals surface area (Å²) >= 11 is 13.0. The molecule has 0 saturated heterocycles. The van der Waals surface area contributed by atoms with Crippen LogP contribution in [0.4, 0.5) is 0 Å². The highest BCUT2D eigenvalue weighted by Crippen LogP contribution is 2.50. The molecular weight excluding hydrogens is 483 g/mol. The molecule has 2 atom stereocenters. The number of allylic oxidation sites excluding steroid dienone is 1. The van der Waals surface area contributed by atoms with Crippen molar-refractivity contribution in [2.24, 2.45) is 5.92 Å². The predicted molar refractivity (Wildman–Crippen MR) is 141 cm³/mol. The number of aliphatic carboxylic acids is 1. The Morgan fingerprint density at radius 3 is 2.66 bits per heavy atom. The first-order chi connectivity index (χ1) is 16.7. The van der Waals surface area contributed by atoms with Crippen molar-refractivity contribution in [3.05, 3.63) is 69.2 Å². The first-order valence-corrected chi connectivity index (χ1v) is 13.2. The second kappa shape index (κ2) is 10.8. The van der Waals surface area contributed by atoms with Gasteiger partial charge in [-0.3, -0.25) is 4.79 Å². The van der Waals surface area contributed by atoms with Gasteiger partial charge in [0.2, 0.25) is 0 Å². The maximum atomic E-state index is 10.9. The summed E-state index contributed by atoms with van der Waals surface area (Å²) in [5.41, 5.74) is 4.36. The molecule has 2 aliphatic rings. The van der Waals surface area contributed by atoms with Crippen molar-refractivity contribution >= 4 is 29.2 Å². The zero-order chi connectivity index (χ0) is 25.2. The molecule has 0 amide bonds. The maximum Gasteiger partial charge on any atom is 0.303 e. The molecule has 188 valence electrons. The number of fused-ring (bicyclic) bond motifs is 2. The number of hydrogen-bond acceptors (Lipinski definition) is 3. The largest absolute Gasteiger partial charge is 0.492 e. The van der Waals surface area contributed by atoms with Gasteiger partial charge in [-0.05, 0) is 74.1 Å². The lowest BCUT2D eigenvalue weighted by Gasteiger charge is -2.26. The van der Waals surface area contributed by atoms with E-state index in [-0.39, 0.29) is 18.4 Å². The van der Waals surface area contributed by atoms with Gasteiger partial charge < -0.3 is 14.6 Å². The molecule has 2 unspecified atom stereocenters. The van der Waals surface area contributed by atoms with Crippen LogP contribution in [0.15, 0.2) is 42.5 Å². The number of hydrogen-bond donors (Lipinski definition) is 1. The predicted octanol–water partition coefficient (Wildman–Crippen LogP) is 8.33. The first kappa shape index (κ1) is 25.9. The van der Waals surface area contributed by atoms with Gasteiger partial charge in [0.25, 0.3) is 0 Å². The van der Waals surface area contributed by atoms with Crippen LogP contribution in [0.2, 0.25) is 10.0 Å². The van der Waals surface area contributed by atoms with Crippen molar-refractivity contribution in [1.29, 1.82) is 0 Å². The second-order valence-electron chi connectivity index (χ2n) is 10.3. The number of rotatable bonds is 8. The minimum absolute atomic E-state index is 0.0162. The van der Waals surface area contributed by atoms with Crippen LogP contribution in [0.3, 0.4) is 0 Å². The van der Waals surface area contributed by atoms with E-state index in [9.17, 15) is 4.79 Å². The van der Waals surface area contributed by atoms with Gasteiger partial charge in [-0.15, -0.1) is 0 Å². The fraction of sp³-hybridized carbons (Fsp3) is 0.483. The first-order valence-electron chi connectivity index (χ1n) is 12.5. The molecule has 1 N–H and O–H groups in total. The molecule has 4 nitrogen and oxygen atoms in total. The molecular formula is C29H34Cl2O4. The molecule has 1 fully saturated rings. The molecule has 2 aromatic rings. The minimum atomic E-state index is -0.728. The zero-order valence-corrected chi connectivity index (χ0v) is 22.1. The van der Waals surface area contributed by atoms with E-state index in [0.29, 0.717) is 34.9 Å². The van der Waals surface area contributed by atoms with Gasteiger partial charge in [0.15, 0.2) is 0 Å². The van der Waals surface area contributed by atoms with Gasteiger partial charge in [0.05, 0.1) is 6.61 Å². The molecule has 35 heavy (non-hydrogen) atoms. The number of ether oxygens (including phenoxy) is 2. The summed E-state index contributed by atoms with van der Waals surface area (Å²) < 4.78 is 12.2. The number of carbonyl (C=O) groups is 1. The molecule has 6 heteroatoms. The average Bonchev–Trinajstić information content (AvgIpc) is 3.08. The number of halogens is 2. The Bertz CT molecular complexity index is 1090. The van der Waals surface area contributed by atoms with Crippen molar-refractivity contribution in [2.75, 3.05) is 6.61 Å². The van der Waals surface area contributed by atoms with Crippen molar-refractivity contribution in [1.82, 2.24) is 0 Å². The number of carboxylic acids is 1. The van der Waals surface area contributed by atoms with E-state index in [4.69, 9.17) is 37.8 Å². The Morgan fingerprint density at radius 2 is 1.97 bits per heavy atom. The monoisotopic (exact) mass is 516 g/mol. The quantitative estimate of drug-likeness (QED) is 0.358. The van der Waals surface area contributed by atoms with E-state index in [1.54, 1.807) is 0 Å². The van der Waals surface area contributed by atoms with Gasteiger partial charge in [0.1, 0.15) is 18.1 Å². The van der Waals surface area contributed by atoms with E-state index in [1.165, 1.54) is 11.1 Å². The van der Waals surface area contributed by atoms with Crippen LogP contribution in [0, 0.1) is 5.92 Å². The molecule has 1 aliphatic carbocycles. The fourth-order valence-electron chi connectivity index (χ4n) is 5.34. The third-order valence-electron chi connectivity index (χ3n) is 7.66. The Kier molecular flexibility index (Phi) is 8.02. The lowest BCUT2D eigenvalue weighted by Crippen LogP contribution is -2.27. The average molecular weight is 517 g/mol. The van der Waals surface area contributed by atoms with Gasteiger partial charge in [-0.25, -0.2) is 0 Å². The molecule has 1 spiro atoms. The summed E-state index contributed by atoms with van der Waals surface area (Å²) in [4.78, 5) is 10.9. The van der Waals surface area contributed by atoms with E-state index in [2.05, 4.69) is 26.5 Å². The van der Waals surface area contributed by atoms with Crippen LogP contribution < -0.4 is 9.47 Å². The van der Waals surface area contributed by atoms with Crippen LogP contribution >= 0.6 is 23.2 Å². The molecule has 4 rings (SSSR count). The summed E-state index contributed by atoms with van der Waals surface area (Å²) in [5, 5.41) is 10.2.